The summed E-state index contributed by atoms with van der Waals surface area (Å²) in [6.45, 7) is 0.818. The van der Waals surface area contributed by atoms with E-state index < -0.39 is 10.0 Å². The maximum atomic E-state index is 13.1. The van der Waals surface area contributed by atoms with Crippen LogP contribution in [-0.2, 0) is 10.0 Å². The van der Waals surface area contributed by atoms with Crippen LogP contribution in [0.5, 0.6) is 5.75 Å². The molecule has 0 atom stereocenters. The molecule has 0 bridgehead atoms. The summed E-state index contributed by atoms with van der Waals surface area (Å²) in [6, 6.07) is 14.0. The molecule has 1 aliphatic heterocycles. The first-order valence-corrected chi connectivity index (χ1v) is 9.75. The van der Waals surface area contributed by atoms with Gasteiger partial charge in [-0.05, 0) is 37.1 Å². The van der Waals surface area contributed by atoms with E-state index in [1.807, 2.05) is 24.3 Å². The molecule has 2 aromatic carbocycles. The fraction of sp³-hybridized carbons (Fsp3) is 0.278. The molecule has 1 aliphatic carbocycles. The molecule has 1 saturated carbocycles. The number of hydrogen-bond acceptors (Lipinski definition) is 4. The number of sulfonamides is 1. The van der Waals surface area contributed by atoms with E-state index in [1.165, 1.54) is 0 Å². The van der Waals surface area contributed by atoms with E-state index >= 15 is 0 Å². The average molecular weight is 358 g/mol. The zero-order valence-corrected chi connectivity index (χ0v) is 14.3. The highest BCUT2D eigenvalue weighted by atomic mass is 32.2. The van der Waals surface area contributed by atoms with Gasteiger partial charge in [0.15, 0.2) is 0 Å². The first-order valence-electron chi connectivity index (χ1n) is 8.20. The van der Waals surface area contributed by atoms with Crippen molar-refractivity contribution in [3.05, 3.63) is 54.1 Å². The minimum Gasteiger partial charge on any atom is -0.490 e. The number of benzene rings is 2. The number of nitrogens with zero attached hydrogens (tertiary/aromatic N) is 1. The van der Waals surface area contributed by atoms with Crippen molar-refractivity contribution in [1.29, 1.82) is 0 Å². The first-order chi connectivity index (χ1) is 12.1. The number of para-hydroxylation sites is 3. The molecule has 6 nitrogen and oxygen atoms in total. The summed E-state index contributed by atoms with van der Waals surface area (Å²) < 4.78 is 32.7. The molecule has 0 saturated heterocycles. The van der Waals surface area contributed by atoms with Crippen LogP contribution < -0.4 is 14.4 Å². The quantitative estimate of drug-likeness (QED) is 0.912. The number of ether oxygens (including phenoxy) is 1. The van der Waals surface area contributed by atoms with E-state index in [1.54, 1.807) is 29.2 Å². The lowest BCUT2D eigenvalue weighted by atomic mass is 10.1. The number of anilines is 2. The van der Waals surface area contributed by atoms with E-state index in [2.05, 4.69) is 4.72 Å². The molecular formula is C18H18N2O4S. The third kappa shape index (κ3) is 3.07. The van der Waals surface area contributed by atoms with E-state index in [0.717, 1.165) is 0 Å². The number of nitrogens with one attached hydrogen (secondary N) is 1. The fourth-order valence-corrected chi connectivity index (χ4v) is 4.31. The van der Waals surface area contributed by atoms with Gasteiger partial charge in [0.1, 0.15) is 12.4 Å². The van der Waals surface area contributed by atoms with Crippen LogP contribution in [0.2, 0.25) is 0 Å². The van der Waals surface area contributed by atoms with Gasteiger partial charge >= 0.3 is 0 Å². The number of carbonyl (C=O) groups is 1. The Labute approximate surface area is 146 Å². The maximum absolute atomic E-state index is 13.1. The van der Waals surface area contributed by atoms with Crippen molar-refractivity contribution < 1.29 is 17.9 Å². The van der Waals surface area contributed by atoms with Crippen LogP contribution in [0.15, 0.2) is 48.5 Å². The third-order valence-electron chi connectivity index (χ3n) is 4.35. The standard InChI is InChI=1S/C18H18N2O4S/c21-18(20-11-12-24-17-8-4-3-7-16(17)20)14-5-1-2-6-15(14)19-25(22,23)13-9-10-13/h1-8,13,19H,9-12H2. The van der Waals surface area contributed by atoms with Gasteiger partial charge in [-0.15, -0.1) is 0 Å². The van der Waals surface area contributed by atoms with Crippen LogP contribution in [0, 0.1) is 0 Å². The maximum Gasteiger partial charge on any atom is 0.260 e. The van der Waals surface area contributed by atoms with Gasteiger partial charge in [-0.3, -0.25) is 9.52 Å². The van der Waals surface area contributed by atoms with Crippen LogP contribution in [-0.4, -0.2) is 32.7 Å². The molecule has 25 heavy (non-hydrogen) atoms. The Morgan fingerprint density at radius 3 is 2.60 bits per heavy atom. The molecule has 2 aromatic rings. The summed E-state index contributed by atoms with van der Waals surface area (Å²) in [4.78, 5) is 14.7. The Bertz CT molecular complexity index is 922. The van der Waals surface area contributed by atoms with Crippen molar-refractivity contribution in [2.24, 2.45) is 0 Å². The molecule has 7 heteroatoms. The molecule has 0 radical (unpaired) electrons. The van der Waals surface area contributed by atoms with Crippen molar-refractivity contribution in [1.82, 2.24) is 0 Å². The second kappa shape index (κ2) is 6.07. The van der Waals surface area contributed by atoms with Gasteiger partial charge in [0.25, 0.3) is 5.91 Å². The second-order valence-corrected chi connectivity index (χ2v) is 8.13. The van der Waals surface area contributed by atoms with Crippen molar-refractivity contribution in [2.45, 2.75) is 18.1 Å². The Hall–Kier alpha value is -2.54. The molecule has 2 aliphatic rings. The minimum absolute atomic E-state index is 0.246. The normalized spacial score (nSPS) is 16.7. The number of amides is 1. The molecule has 130 valence electrons. The lowest BCUT2D eigenvalue weighted by Crippen LogP contribution is -2.38. The zero-order valence-electron chi connectivity index (χ0n) is 13.5. The predicted molar refractivity (Wildman–Crippen MR) is 95.6 cm³/mol. The molecule has 0 spiro atoms. The Morgan fingerprint density at radius 2 is 1.80 bits per heavy atom. The summed E-state index contributed by atoms with van der Waals surface area (Å²) in [5.74, 6) is 0.406. The van der Waals surface area contributed by atoms with E-state index in [9.17, 15) is 13.2 Å². The number of rotatable bonds is 4. The highest BCUT2D eigenvalue weighted by Crippen LogP contribution is 2.34. The second-order valence-electron chi connectivity index (χ2n) is 6.16. The van der Waals surface area contributed by atoms with Crippen molar-refractivity contribution in [3.8, 4) is 5.75 Å². The SMILES string of the molecule is O=C(c1ccccc1NS(=O)(=O)C1CC1)N1CCOc2ccccc21. The molecule has 0 aromatic heterocycles. The smallest absolute Gasteiger partial charge is 0.260 e. The predicted octanol–water partition coefficient (Wildman–Crippen LogP) is 2.63. The largest absolute Gasteiger partial charge is 0.490 e. The first kappa shape index (κ1) is 16.0. The average Bonchev–Trinajstić information content (AvgIpc) is 3.47. The Balaban J connectivity index is 1.68. The molecule has 1 amide bonds. The lowest BCUT2D eigenvalue weighted by molar-refractivity contribution is 0.0977. The summed E-state index contributed by atoms with van der Waals surface area (Å²) in [5.41, 5.74) is 1.35. The van der Waals surface area contributed by atoms with Gasteiger partial charge in [-0.25, -0.2) is 8.42 Å². The fourth-order valence-electron chi connectivity index (χ4n) is 2.90. The molecule has 0 unspecified atom stereocenters. The Morgan fingerprint density at radius 1 is 1.08 bits per heavy atom. The van der Waals surface area contributed by atoms with E-state index in [4.69, 9.17) is 4.74 Å². The highest BCUT2D eigenvalue weighted by Gasteiger charge is 2.36. The van der Waals surface area contributed by atoms with Crippen LogP contribution in [0.3, 0.4) is 0 Å². The lowest BCUT2D eigenvalue weighted by Gasteiger charge is -2.30. The van der Waals surface area contributed by atoms with Crippen molar-refractivity contribution in [2.75, 3.05) is 22.8 Å². The van der Waals surface area contributed by atoms with Crippen LogP contribution >= 0.6 is 0 Å². The summed E-state index contributed by atoms with van der Waals surface area (Å²) >= 11 is 0. The van der Waals surface area contributed by atoms with Crippen molar-refractivity contribution >= 4 is 27.3 Å². The number of fused-ring (bicyclic) bond motifs is 1. The molecule has 1 fully saturated rings. The number of hydrogen-bond donors (Lipinski definition) is 1. The monoisotopic (exact) mass is 358 g/mol. The molecule has 4 rings (SSSR count). The molecule has 1 heterocycles. The Kier molecular flexibility index (Phi) is 3.88. The van der Waals surface area contributed by atoms with Gasteiger partial charge in [0.2, 0.25) is 10.0 Å². The summed E-state index contributed by atoms with van der Waals surface area (Å²) in [6.07, 6.45) is 1.34. The summed E-state index contributed by atoms with van der Waals surface area (Å²) in [7, 11) is -3.43. The topological polar surface area (TPSA) is 75.7 Å². The van der Waals surface area contributed by atoms with Crippen molar-refractivity contribution in [3.63, 3.8) is 0 Å². The van der Waals surface area contributed by atoms with Crippen LogP contribution in [0.25, 0.3) is 0 Å². The molecule has 1 N–H and O–H groups in total. The van der Waals surface area contributed by atoms with E-state index in [0.29, 0.717) is 48.7 Å². The van der Waals surface area contributed by atoms with Crippen LogP contribution in [0.1, 0.15) is 23.2 Å². The van der Waals surface area contributed by atoms with Crippen LogP contribution in [0.4, 0.5) is 11.4 Å². The third-order valence-corrected chi connectivity index (χ3v) is 6.20. The summed E-state index contributed by atoms with van der Waals surface area (Å²) in [5, 5.41) is -0.347. The zero-order chi connectivity index (χ0) is 17.4. The van der Waals surface area contributed by atoms with Gasteiger partial charge in [-0.1, -0.05) is 24.3 Å². The molecular weight excluding hydrogens is 340 g/mol. The van der Waals surface area contributed by atoms with Gasteiger partial charge in [0, 0.05) is 0 Å². The van der Waals surface area contributed by atoms with Gasteiger partial charge < -0.3 is 9.64 Å². The van der Waals surface area contributed by atoms with Gasteiger partial charge in [-0.2, -0.15) is 0 Å². The van der Waals surface area contributed by atoms with E-state index in [-0.39, 0.29) is 11.2 Å². The highest BCUT2D eigenvalue weighted by molar-refractivity contribution is 7.93. The minimum atomic E-state index is -3.43. The number of carbonyl (C=O) groups excluding carboxylic acids is 1. The van der Waals surface area contributed by atoms with Gasteiger partial charge in [0.05, 0.1) is 28.7 Å².